The Morgan fingerprint density at radius 2 is 1.88 bits per heavy atom. The molecule has 5 heteroatoms. The first-order valence-corrected chi connectivity index (χ1v) is 8.48. The molecule has 0 aliphatic heterocycles. The number of amides is 1. The summed E-state index contributed by atoms with van der Waals surface area (Å²) in [7, 11) is 0. The molecule has 134 valence electrons. The molecule has 1 heterocycles. The largest absolute Gasteiger partial charge is 0.488 e. The minimum absolute atomic E-state index is 0.218. The number of nitrogens with zero attached hydrogens (tertiary/aromatic N) is 1. The van der Waals surface area contributed by atoms with Crippen molar-refractivity contribution in [2.24, 2.45) is 0 Å². The number of nitrogens with one attached hydrogen (secondary N) is 1. The number of aromatic nitrogens is 1. The summed E-state index contributed by atoms with van der Waals surface area (Å²) in [5, 5.41) is 6.77. The molecule has 0 radical (unpaired) electrons. The minimum atomic E-state index is -0.313. The van der Waals surface area contributed by atoms with E-state index in [1.165, 1.54) is 0 Å². The second-order valence-electron chi connectivity index (χ2n) is 6.38. The Morgan fingerprint density at radius 1 is 1.12 bits per heavy atom. The zero-order valence-corrected chi connectivity index (χ0v) is 15.4. The summed E-state index contributed by atoms with van der Waals surface area (Å²) in [5.41, 5.74) is 4.91. The average molecular weight is 350 g/mol. The number of carbonyl (C=O) groups is 1. The van der Waals surface area contributed by atoms with E-state index in [2.05, 4.69) is 10.5 Å². The third-order valence-electron chi connectivity index (χ3n) is 4.40. The van der Waals surface area contributed by atoms with Crippen LogP contribution in [0.5, 0.6) is 5.75 Å². The van der Waals surface area contributed by atoms with Crippen LogP contribution in [0.25, 0.3) is 0 Å². The van der Waals surface area contributed by atoms with Gasteiger partial charge < -0.3 is 14.6 Å². The van der Waals surface area contributed by atoms with Gasteiger partial charge in [-0.05, 0) is 62.6 Å². The van der Waals surface area contributed by atoms with Gasteiger partial charge in [0, 0.05) is 5.69 Å². The lowest BCUT2D eigenvalue weighted by molar-refractivity contribution is 0.101. The van der Waals surface area contributed by atoms with Crippen molar-refractivity contribution in [1.82, 2.24) is 5.16 Å². The maximum Gasteiger partial charge on any atom is 0.278 e. The quantitative estimate of drug-likeness (QED) is 0.722. The van der Waals surface area contributed by atoms with Crippen LogP contribution in [0.1, 0.15) is 38.5 Å². The highest BCUT2D eigenvalue weighted by Gasteiger charge is 2.21. The summed E-state index contributed by atoms with van der Waals surface area (Å²) in [4.78, 5) is 12.6. The second-order valence-corrected chi connectivity index (χ2v) is 6.38. The molecule has 26 heavy (non-hydrogen) atoms. The van der Waals surface area contributed by atoms with Crippen molar-refractivity contribution < 1.29 is 14.1 Å². The molecular weight excluding hydrogens is 328 g/mol. The van der Waals surface area contributed by atoms with Crippen molar-refractivity contribution in [2.45, 2.75) is 34.3 Å². The summed E-state index contributed by atoms with van der Waals surface area (Å²) in [6.45, 7) is 8.01. The van der Waals surface area contributed by atoms with Gasteiger partial charge in [0.2, 0.25) is 0 Å². The number of benzene rings is 2. The molecule has 0 spiro atoms. The fraction of sp³-hybridized carbons (Fsp3) is 0.238. The summed E-state index contributed by atoms with van der Waals surface area (Å²) in [6.07, 6.45) is 0. The first-order chi connectivity index (χ1) is 12.5. The van der Waals surface area contributed by atoms with Crippen molar-refractivity contribution >= 4 is 11.6 Å². The van der Waals surface area contributed by atoms with Crippen LogP contribution < -0.4 is 10.1 Å². The molecule has 1 amide bonds. The van der Waals surface area contributed by atoms with E-state index in [1.807, 2.05) is 63.2 Å². The van der Waals surface area contributed by atoms with Crippen molar-refractivity contribution in [2.75, 3.05) is 5.32 Å². The molecule has 0 unspecified atom stereocenters. The van der Waals surface area contributed by atoms with Crippen molar-refractivity contribution in [3.05, 3.63) is 76.2 Å². The zero-order chi connectivity index (χ0) is 18.7. The van der Waals surface area contributed by atoms with Gasteiger partial charge in [0.15, 0.2) is 5.69 Å². The molecule has 1 aromatic heterocycles. The maximum absolute atomic E-state index is 12.6. The van der Waals surface area contributed by atoms with Crippen LogP contribution in [0, 0.1) is 27.7 Å². The van der Waals surface area contributed by atoms with Gasteiger partial charge >= 0.3 is 0 Å². The van der Waals surface area contributed by atoms with Crippen molar-refractivity contribution in [3.63, 3.8) is 0 Å². The van der Waals surface area contributed by atoms with E-state index in [4.69, 9.17) is 9.26 Å². The average Bonchev–Trinajstić information content (AvgIpc) is 2.97. The Balaban J connectivity index is 1.78. The molecule has 0 aliphatic rings. The number of aryl methyl sites for hydroxylation is 3. The van der Waals surface area contributed by atoms with E-state index in [9.17, 15) is 4.79 Å². The Kier molecular flexibility index (Phi) is 5.07. The molecular formula is C21H22N2O3. The summed E-state index contributed by atoms with van der Waals surface area (Å²) in [5.74, 6) is 1.05. The smallest absolute Gasteiger partial charge is 0.278 e. The van der Waals surface area contributed by atoms with Crippen LogP contribution in [0.4, 0.5) is 5.69 Å². The highest BCUT2D eigenvalue weighted by atomic mass is 16.5. The Morgan fingerprint density at radius 3 is 2.65 bits per heavy atom. The van der Waals surface area contributed by atoms with Gasteiger partial charge in [-0.15, -0.1) is 0 Å². The highest BCUT2D eigenvalue weighted by Crippen LogP contribution is 2.24. The van der Waals surface area contributed by atoms with E-state index in [1.54, 1.807) is 6.92 Å². The lowest BCUT2D eigenvalue weighted by atomic mass is 10.1. The molecule has 0 saturated carbocycles. The fourth-order valence-corrected chi connectivity index (χ4v) is 2.68. The number of anilines is 1. The van der Waals surface area contributed by atoms with Gasteiger partial charge in [0.25, 0.3) is 5.91 Å². The lowest BCUT2D eigenvalue weighted by Gasteiger charge is -2.11. The lowest BCUT2D eigenvalue weighted by Crippen LogP contribution is -2.15. The third-order valence-corrected chi connectivity index (χ3v) is 4.40. The second kappa shape index (κ2) is 7.44. The zero-order valence-electron chi connectivity index (χ0n) is 15.4. The Hall–Kier alpha value is -3.08. The fourth-order valence-electron chi connectivity index (χ4n) is 2.68. The molecule has 1 N–H and O–H groups in total. The van der Waals surface area contributed by atoms with Gasteiger partial charge in [-0.2, -0.15) is 0 Å². The number of rotatable bonds is 5. The molecule has 0 fully saturated rings. The molecule has 0 aliphatic carbocycles. The van der Waals surface area contributed by atoms with Crippen LogP contribution in [-0.2, 0) is 6.61 Å². The van der Waals surface area contributed by atoms with Crippen LogP contribution in [0.15, 0.2) is 47.0 Å². The predicted octanol–water partition coefficient (Wildman–Crippen LogP) is 4.74. The topological polar surface area (TPSA) is 64.4 Å². The van der Waals surface area contributed by atoms with Crippen LogP contribution >= 0.6 is 0 Å². The molecule has 0 saturated heterocycles. The first kappa shape index (κ1) is 17.7. The van der Waals surface area contributed by atoms with Gasteiger partial charge in [-0.3, -0.25) is 4.79 Å². The van der Waals surface area contributed by atoms with Crippen LogP contribution in [-0.4, -0.2) is 11.1 Å². The standard InChI is InChI=1S/C21H22N2O3/c1-13-7-5-9-17(11-13)22-21(24)20-18(16(4)26-23-20)12-25-19-10-6-8-14(2)15(19)3/h5-11H,12H2,1-4H3,(H,22,24). The first-order valence-electron chi connectivity index (χ1n) is 8.48. The minimum Gasteiger partial charge on any atom is -0.488 e. The molecule has 5 nitrogen and oxygen atoms in total. The monoisotopic (exact) mass is 350 g/mol. The number of hydrogen-bond acceptors (Lipinski definition) is 4. The predicted molar refractivity (Wildman–Crippen MR) is 101 cm³/mol. The Labute approximate surface area is 153 Å². The van der Waals surface area contributed by atoms with Crippen LogP contribution in [0.3, 0.4) is 0 Å². The normalized spacial score (nSPS) is 10.6. The maximum atomic E-state index is 12.6. The van der Waals surface area contributed by atoms with Crippen molar-refractivity contribution in [1.29, 1.82) is 0 Å². The van der Waals surface area contributed by atoms with Gasteiger partial charge in [-0.1, -0.05) is 29.4 Å². The Bertz CT molecular complexity index is 944. The molecule has 3 rings (SSSR count). The molecule has 2 aromatic carbocycles. The summed E-state index contributed by atoms with van der Waals surface area (Å²) in [6, 6.07) is 13.5. The van der Waals surface area contributed by atoms with E-state index in [0.29, 0.717) is 11.3 Å². The highest BCUT2D eigenvalue weighted by molar-refractivity contribution is 6.03. The van der Waals surface area contributed by atoms with E-state index >= 15 is 0 Å². The summed E-state index contributed by atoms with van der Waals surface area (Å²) < 4.78 is 11.2. The molecule has 3 aromatic rings. The van der Waals surface area contributed by atoms with E-state index in [-0.39, 0.29) is 18.2 Å². The number of hydrogen-bond donors (Lipinski definition) is 1. The molecule has 0 bridgehead atoms. The van der Waals surface area contributed by atoms with Gasteiger partial charge in [-0.25, -0.2) is 0 Å². The van der Waals surface area contributed by atoms with E-state index in [0.717, 1.165) is 28.1 Å². The number of ether oxygens (including phenoxy) is 1. The number of carbonyl (C=O) groups excluding carboxylic acids is 1. The van der Waals surface area contributed by atoms with Gasteiger partial charge in [0.05, 0.1) is 5.56 Å². The third kappa shape index (κ3) is 3.77. The van der Waals surface area contributed by atoms with Crippen molar-refractivity contribution in [3.8, 4) is 5.75 Å². The van der Waals surface area contributed by atoms with Crippen LogP contribution in [0.2, 0.25) is 0 Å². The SMILES string of the molecule is Cc1cccc(NC(=O)c2noc(C)c2COc2cccc(C)c2C)c1. The summed E-state index contributed by atoms with van der Waals surface area (Å²) >= 11 is 0. The molecule has 0 atom stereocenters. The van der Waals surface area contributed by atoms with E-state index < -0.39 is 0 Å². The van der Waals surface area contributed by atoms with Gasteiger partial charge in [0.1, 0.15) is 18.1 Å².